The van der Waals surface area contributed by atoms with Crippen LogP contribution in [0.1, 0.15) is 52.4 Å². The van der Waals surface area contributed by atoms with Crippen molar-refractivity contribution in [2.45, 2.75) is 58.4 Å². The fraction of sp³-hybridized carbons (Fsp3) is 0.846. The highest BCUT2D eigenvalue weighted by atomic mass is 16.4. The second kappa shape index (κ2) is 6.62. The summed E-state index contributed by atoms with van der Waals surface area (Å²) in [5.41, 5.74) is 0. The summed E-state index contributed by atoms with van der Waals surface area (Å²) in [6.45, 7) is 4.67. The van der Waals surface area contributed by atoms with Crippen molar-refractivity contribution in [1.82, 2.24) is 4.90 Å². The summed E-state index contributed by atoms with van der Waals surface area (Å²) in [4.78, 5) is 24.7. The summed E-state index contributed by atoms with van der Waals surface area (Å²) < 4.78 is 0. The summed E-state index contributed by atoms with van der Waals surface area (Å²) in [5, 5.41) is 8.95. The Hall–Kier alpha value is -1.06. The first-order chi connectivity index (χ1) is 8.06. The van der Waals surface area contributed by atoms with Crippen molar-refractivity contribution >= 4 is 11.9 Å². The van der Waals surface area contributed by atoms with Crippen LogP contribution in [0.5, 0.6) is 0 Å². The maximum absolute atomic E-state index is 11.9. The number of hydrogen-bond donors (Lipinski definition) is 1. The van der Waals surface area contributed by atoms with E-state index in [1.807, 2.05) is 11.8 Å². The third-order valence-electron chi connectivity index (χ3n) is 3.54. The van der Waals surface area contributed by atoms with Crippen LogP contribution >= 0.6 is 0 Å². The lowest BCUT2D eigenvalue weighted by Gasteiger charge is -2.36. The fourth-order valence-electron chi connectivity index (χ4n) is 2.44. The van der Waals surface area contributed by atoms with Gasteiger partial charge in [-0.25, -0.2) is 0 Å². The van der Waals surface area contributed by atoms with E-state index in [2.05, 4.69) is 6.92 Å². The van der Waals surface area contributed by atoms with Crippen LogP contribution in [0.25, 0.3) is 0 Å². The Morgan fingerprint density at radius 3 is 2.59 bits per heavy atom. The quantitative estimate of drug-likeness (QED) is 0.751. The third-order valence-corrected chi connectivity index (χ3v) is 3.54. The van der Waals surface area contributed by atoms with Crippen molar-refractivity contribution < 1.29 is 14.7 Å². The SMILES string of the molecule is CCCCCC(=O)N1CCC(C(=O)O)CC1C. The number of carbonyl (C=O) groups excluding carboxylic acids is 1. The summed E-state index contributed by atoms with van der Waals surface area (Å²) in [7, 11) is 0. The van der Waals surface area contributed by atoms with Gasteiger partial charge in [0, 0.05) is 19.0 Å². The van der Waals surface area contributed by atoms with Crippen LogP contribution in [0.3, 0.4) is 0 Å². The maximum Gasteiger partial charge on any atom is 0.306 e. The minimum Gasteiger partial charge on any atom is -0.481 e. The van der Waals surface area contributed by atoms with E-state index in [0.717, 1.165) is 19.3 Å². The highest BCUT2D eigenvalue weighted by Crippen LogP contribution is 2.23. The van der Waals surface area contributed by atoms with Crippen molar-refractivity contribution in [3.8, 4) is 0 Å². The minimum atomic E-state index is -0.727. The molecule has 1 aliphatic rings. The number of piperidine rings is 1. The molecule has 1 fully saturated rings. The smallest absolute Gasteiger partial charge is 0.306 e. The minimum absolute atomic E-state index is 0.0685. The van der Waals surface area contributed by atoms with Crippen LogP contribution < -0.4 is 0 Å². The molecule has 0 bridgehead atoms. The van der Waals surface area contributed by atoms with Gasteiger partial charge in [-0.15, -0.1) is 0 Å². The van der Waals surface area contributed by atoms with Gasteiger partial charge in [-0.2, -0.15) is 0 Å². The molecule has 0 spiro atoms. The molecule has 0 radical (unpaired) electrons. The zero-order valence-electron chi connectivity index (χ0n) is 10.8. The summed E-state index contributed by atoms with van der Waals surface area (Å²) in [5.74, 6) is -0.811. The second-order valence-electron chi connectivity index (χ2n) is 4.95. The van der Waals surface area contributed by atoms with Crippen LogP contribution in [-0.4, -0.2) is 34.5 Å². The first kappa shape index (κ1) is 14.0. The number of carboxylic acids is 1. The number of rotatable bonds is 5. The molecule has 2 atom stereocenters. The Balaban J connectivity index is 2.40. The van der Waals surface area contributed by atoms with E-state index in [1.54, 1.807) is 0 Å². The van der Waals surface area contributed by atoms with Crippen molar-refractivity contribution in [2.24, 2.45) is 5.92 Å². The molecule has 1 heterocycles. The molecule has 2 unspecified atom stereocenters. The first-order valence-corrected chi connectivity index (χ1v) is 6.58. The van der Waals surface area contributed by atoms with Crippen molar-refractivity contribution in [3.05, 3.63) is 0 Å². The van der Waals surface area contributed by atoms with Gasteiger partial charge in [0.15, 0.2) is 0 Å². The third kappa shape index (κ3) is 4.02. The summed E-state index contributed by atoms with van der Waals surface area (Å²) >= 11 is 0. The normalized spacial score (nSPS) is 24.7. The molecule has 0 aliphatic carbocycles. The van der Waals surface area contributed by atoms with E-state index < -0.39 is 5.97 Å². The lowest BCUT2D eigenvalue weighted by Crippen LogP contribution is -2.45. The Morgan fingerprint density at radius 2 is 2.06 bits per heavy atom. The van der Waals surface area contributed by atoms with Gasteiger partial charge < -0.3 is 10.0 Å². The Labute approximate surface area is 103 Å². The average molecular weight is 241 g/mol. The lowest BCUT2D eigenvalue weighted by atomic mass is 9.91. The lowest BCUT2D eigenvalue weighted by molar-refractivity contribution is -0.147. The topological polar surface area (TPSA) is 57.6 Å². The highest BCUT2D eigenvalue weighted by molar-refractivity contribution is 5.77. The molecule has 17 heavy (non-hydrogen) atoms. The van der Waals surface area contributed by atoms with Crippen LogP contribution in [-0.2, 0) is 9.59 Å². The van der Waals surface area contributed by atoms with Gasteiger partial charge in [0.05, 0.1) is 5.92 Å². The number of carbonyl (C=O) groups is 2. The van der Waals surface area contributed by atoms with E-state index in [9.17, 15) is 9.59 Å². The molecular formula is C13H23NO3. The molecule has 0 aromatic carbocycles. The molecule has 4 heteroatoms. The van der Waals surface area contributed by atoms with Gasteiger partial charge in [0.1, 0.15) is 0 Å². The number of unbranched alkanes of at least 4 members (excludes halogenated alkanes) is 2. The van der Waals surface area contributed by atoms with Gasteiger partial charge in [-0.05, 0) is 26.2 Å². The van der Waals surface area contributed by atoms with Crippen molar-refractivity contribution in [1.29, 1.82) is 0 Å². The molecule has 4 nitrogen and oxygen atoms in total. The Morgan fingerprint density at radius 1 is 1.35 bits per heavy atom. The van der Waals surface area contributed by atoms with Gasteiger partial charge >= 0.3 is 5.97 Å². The van der Waals surface area contributed by atoms with E-state index >= 15 is 0 Å². The van der Waals surface area contributed by atoms with E-state index in [0.29, 0.717) is 25.8 Å². The molecule has 0 aromatic heterocycles. The molecule has 98 valence electrons. The summed E-state index contributed by atoms with van der Waals surface area (Å²) in [6, 6.07) is 0.0685. The first-order valence-electron chi connectivity index (χ1n) is 6.58. The van der Waals surface area contributed by atoms with E-state index in [4.69, 9.17) is 5.11 Å². The van der Waals surface area contributed by atoms with Gasteiger partial charge in [0.25, 0.3) is 0 Å². The molecule has 0 aromatic rings. The number of amides is 1. The molecule has 1 amide bonds. The largest absolute Gasteiger partial charge is 0.481 e. The molecule has 1 aliphatic heterocycles. The molecule has 1 rings (SSSR count). The number of carboxylic acid groups (broad SMARTS) is 1. The number of nitrogens with zero attached hydrogens (tertiary/aromatic N) is 1. The predicted octanol–water partition coefficient (Wildman–Crippen LogP) is 2.28. The Bertz CT molecular complexity index is 278. The van der Waals surface area contributed by atoms with E-state index in [1.165, 1.54) is 0 Å². The standard InChI is InChI=1S/C13H23NO3/c1-3-4-5-6-12(15)14-8-7-11(13(16)17)9-10(14)2/h10-11H,3-9H2,1-2H3,(H,16,17). The molecule has 0 saturated carbocycles. The Kier molecular flexibility index (Phi) is 5.45. The number of likely N-dealkylation sites (tertiary alicyclic amines) is 1. The van der Waals surface area contributed by atoms with Crippen LogP contribution in [0, 0.1) is 5.92 Å². The van der Waals surface area contributed by atoms with Crippen molar-refractivity contribution in [2.75, 3.05) is 6.54 Å². The predicted molar refractivity (Wildman–Crippen MR) is 65.7 cm³/mol. The zero-order chi connectivity index (χ0) is 12.8. The van der Waals surface area contributed by atoms with E-state index in [-0.39, 0.29) is 17.9 Å². The molecule has 1 saturated heterocycles. The fourth-order valence-corrected chi connectivity index (χ4v) is 2.44. The van der Waals surface area contributed by atoms with Crippen molar-refractivity contribution in [3.63, 3.8) is 0 Å². The molecule has 1 N–H and O–H groups in total. The second-order valence-corrected chi connectivity index (χ2v) is 4.95. The summed E-state index contributed by atoms with van der Waals surface area (Å²) in [6.07, 6.45) is 4.94. The monoisotopic (exact) mass is 241 g/mol. The number of aliphatic carboxylic acids is 1. The van der Waals surface area contributed by atoms with Crippen LogP contribution in [0.15, 0.2) is 0 Å². The van der Waals surface area contributed by atoms with Crippen LogP contribution in [0.2, 0.25) is 0 Å². The maximum atomic E-state index is 11.9. The van der Waals surface area contributed by atoms with Crippen LogP contribution in [0.4, 0.5) is 0 Å². The average Bonchev–Trinajstić information content (AvgIpc) is 2.28. The van der Waals surface area contributed by atoms with Gasteiger partial charge in [-0.3, -0.25) is 9.59 Å². The highest BCUT2D eigenvalue weighted by Gasteiger charge is 2.31. The zero-order valence-corrected chi connectivity index (χ0v) is 10.8. The van der Waals surface area contributed by atoms with Gasteiger partial charge in [-0.1, -0.05) is 19.8 Å². The molecular weight excluding hydrogens is 218 g/mol. The van der Waals surface area contributed by atoms with Gasteiger partial charge in [0.2, 0.25) is 5.91 Å². The number of hydrogen-bond acceptors (Lipinski definition) is 2.